The minimum atomic E-state index is -1.15. The van der Waals surface area contributed by atoms with E-state index in [4.69, 9.17) is 18.9 Å². The van der Waals surface area contributed by atoms with Gasteiger partial charge in [0.2, 0.25) is 0 Å². The molecule has 8 nitrogen and oxygen atoms in total. The Bertz CT molecular complexity index is 803. The Morgan fingerprint density at radius 3 is 1.83 bits per heavy atom. The third-order valence-corrected chi connectivity index (χ3v) is 6.92. The molecule has 2 atom stereocenters. The Morgan fingerprint density at radius 2 is 1.38 bits per heavy atom. The molecule has 0 N–H and O–H groups in total. The van der Waals surface area contributed by atoms with E-state index in [2.05, 4.69) is 0 Å². The average Bonchev–Trinajstić information content (AvgIpc) is 3.13. The monoisotopic (exact) mass is 438 g/mol. The SMILES string of the molecule is CCOC(=O)[C@H]1SC(=C2C(=O)OC(c3ccccc3)OC2=O)S[C@@H]1C(=O)OCC. The number of benzene rings is 1. The van der Waals surface area contributed by atoms with Crippen LogP contribution in [0.5, 0.6) is 0 Å². The van der Waals surface area contributed by atoms with E-state index < -0.39 is 40.7 Å². The van der Waals surface area contributed by atoms with Crippen molar-refractivity contribution >= 4 is 47.4 Å². The van der Waals surface area contributed by atoms with Gasteiger partial charge in [0.25, 0.3) is 6.29 Å². The number of carbonyl (C=O) groups is 4. The van der Waals surface area contributed by atoms with E-state index in [1.165, 1.54) is 0 Å². The molecule has 0 spiro atoms. The number of hydrogen-bond donors (Lipinski definition) is 0. The molecular weight excluding hydrogens is 420 g/mol. The van der Waals surface area contributed by atoms with Gasteiger partial charge >= 0.3 is 23.9 Å². The van der Waals surface area contributed by atoms with Crippen molar-refractivity contribution in [3.05, 3.63) is 45.7 Å². The zero-order chi connectivity index (χ0) is 21.0. The Balaban J connectivity index is 1.86. The predicted octanol–water partition coefficient (Wildman–Crippen LogP) is 2.34. The molecule has 2 saturated heterocycles. The molecule has 2 fully saturated rings. The summed E-state index contributed by atoms with van der Waals surface area (Å²) in [5, 5.41) is -1.90. The maximum absolute atomic E-state index is 12.5. The first kappa shape index (κ1) is 21.3. The van der Waals surface area contributed by atoms with Crippen molar-refractivity contribution in [2.45, 2.75) is 30.6 Å². The van der Waals surface area contributed by atoms with Gasteiger partial charge in [-0.3, -0.25) is 9.59 Å². The summed E-state index contributed by atoms with van der Waals surface area (Å²) in [4.78, 5) is 49.6. The van der Waals surface area contributed by atoms with E-state index in [0.717, 1.165) is 23.5 Å². The maximum atomic E-state index is 12.5. The summed E-state index contributed by atoms with van der Waals surface area (Å²) in [6, 6.07) is 8.55. The van der Waals surface area contributed by atoms with Gasteiger partial charge in [-0.2, -0.15) is 0 Å². The third kappa shape index (κ3) is 4.59. The second-order valence-corrected chi connectivity index (χ2v) is 8.36. The van der Waals surface area contributed by atoms with E-state index in [0.29, 0.717) is 5.56 Å². The van der Waals surface area contributed by atoms with Crippen molar-refractivity contribution in [1.29, 1.82) is 0 Å². The van der Waals surface area contributed by atoms with Crippen molar-refractivity contribution in [3.8, 4) is 0 Å². The number of carbonyl (C=O) groups excluding carboxylic acids is 4. The van der Waals surface area contributed by atoms with Gasteiger partial charge in [-0.05, 0) is 13.8 Å². The Labute approximate surface area is 175 Å². The molecule has 2 aliphatic heterocycles. The summed E-state index contributed by atoms with van der Waals surface area (Å²) >= 11 is 1.80. The molecular formula is C19H18O8S2. The number of ether oxygens (including phenoxy) is 4. The van der Waals surface area contributed by atoms with Crippen LogP contribution in [-0.2, 0) is 38.1 Å². The van der Waals surface area contributed by atoms with Crippen LogP contribution < -0.4 is 0 Å². The molecule has 0 bridgehead atoms. The van der Waals surface area contributed by atoms with Crippen LogP contribution in [0.4, 0.5) is 0 Å². The fraction of sp³-hybridized carbons (Fsp3) is 0.368. The third-order valence-electron chi connectivity index (χ3n) is 3.89. The smallest absolute Gasteiger partial charge is 0.350 e. The van der Waals surface area contributed by atoms with E-state index >= 15 is 0 Å². The summed E-state index contributed by atoms with van der Waals surface area (Å²) in [5.41, 5.74) is 0.173. The van der Waals surface area contributed by atoms with Gasteiger partial charge < -0.3 is 18.9 Å². The molecule has 0 unspecified atom stereocenters. The van der Waals surface area contributed by atoms with Crippen LogP contribution in [0.2, 0.25) is 0 Å². The lowest BCUT2D eigenvalue weighted by atomic mass is 10.2. The van der Waals surface area contributed by atoms with Crippen LogP contribution in [0.25, 0.3) is 0 Å². The van der Waals surface area contributed by atoms with Crippen LogP contribution in [0, 0.1) is 0 Å². The van der Waals surface area contributed by atoms with Gasteiger partial charge in [0.1, 0.15) is 10.5 Å². The molecule has 2 aliphatic rings. The molecule has 0 radical (unpaired) electrons. The molecule has 154 valence electrons. The van der Waals surface area contributed by atoms with Gasteiger partial charge in [0.15, 0.2) is 5.57 Å². The topological polar surface area (TPSA) is 105 Å². The van der Waals surface area contributed by atoms with Crippen LogP contribution in [0.3, 0.4) is 0 Å². The van der Waals surface area contributed by atoms with Crippen LogP contribution in [0.15, 0.2) is 40.1 Å². The molecule has 2 heterocycles. The molecule has 0 aliphatic carbocycles. The van der Waals surface area contributed by atoms with Crippen LogP contribution >= 0.6 is 23.5 Å². The van der Waals surface area contributed by atoms with Gasteiger partial charge in [-0.1, -0.05) is 30.3 Å². The molecule has 1 aromatic rings. The maximum Gasteiger partial charge on any atom is 0.350 e. The predicted molar refractivity (Wildman–Crippen MR) is 104 cm³/mol. The first-order chi connectivity index (χ1) is 14.0. The summed E-state index contributed by atoms with van der Waals surface area (Å²) in [5.74, 6) is -3.01. The normalized spacial score (nSPS) is 24.0. The first-order valence-corrected chi connectivity index (χ1v) is 10.6. The van der Waals surface area contributed by atoms with Gasteiger partial charge in [0.05, 0.1) is 17.5 Å². The Hall–Kier alpha value is -2.46. The summed E-state index contributed by atoms with van der Waals surface area (Å²) in [6.07, 6.45) is -1.15. The fourth-order valence-corrected chi connectivity index (χ4v) is 5.63. The molecule has 0 aromatic heterocycles. The number of cyclic esters (lactones) is 2. The molecule has 29 heavy (non-hydrogen) atoms. The lowest BCUT2D eigenvalue weighted by Crippen LogP contribution is -2.34. The molecule has 0 saturated carbocycles. The number of esters is 4. The molecule has 3 rings (SSSR count). The van der Waals surface area contributed by atoms with E-state index in [-0.39, 0.29) is 23.0 Å². The standard InChI is InChI=1S/C19H18O8S2/c1-3-24-16(22)12-13(17(23)25-4-2)29-19(28-12)11-14(20)26-18(27-15(11)21)10-8-6-5-7-9-10/h5-9,12-13,18H,3-4H2,1-2H3/t12-,13-/m0/s1. The summed E-state index contributed by atoms with van der Waals surface area (Å²) in [6.45, 7) is 3.54. The fourth-order valence-electron chi connectivity index (χ4n) is 2.62. The highest BCUT2D eigenvalue weighted by molar-refractivity contribution is 8.26. The second kappa shape index (κ2) is 9.36. The van der Waals surface area contributed by atoms with Crippen molar-refractivity contribution in [3.63, 3.8) is 0 Å². The van der Waals surface area contributed by atoms with Crippen LogP contribution in [-0.4, -0.2) is 47.6 Å². The second-order valence-electron chi connectivity index (χ2n) is 5.80. The summed E-state index contributed by atoms with van der Waals surface area (Å²) in [7, 11) is 0. The van der Waals surface area contributed by atoms with E-state index in [1.807, 2.05) is 0 Å². The van der Waals surface area contributed by atoms with Gasteiger partial charge in [-0.15, -0.1) is 23.5 Å². The Kier molecular flexibility index (Phi) is 6.86. The zero-order valence-corrected chi connectivity index (χ0v) is 17.2. The highest BCUT2D eigenvalue weighted by Gasteiger charge is 2.48. The number of hydrogen-bond acceptors (Lipinski definition) is 10. The molecule has 0 amide bonds. The van der Waals surface area contributed by atoms with Gasteiger partial charge in [0, 0.05) is 5.56 Å². The molecule has 10 heteroatoms. The van der Waals surface area contributed by atoms with E-state index in [1.54, 1.807) is 44.2 Å². The number of thioether (sulfide) groups is 2. The van der Waals surface area contributed by atoms with Crippen molar-refractivity contribution < 1.29 is 38.1 Å². The van der Waals surface area contributed by atoms with Crippen LogP contribution in [0.1, 0.15) is 25.7 Å². The van der Waals surface area contributed by atoms with Crippen molar-refractivity contribution in [1.82, 2.24) is 0 Å². The quantitative estimate of drug-likeness (QED) is 0.294. The van der Waals surface area contributed by atoms with Crippen molar-refractivity contribution in [2.24, 2.45) is 0 Å². The molecule has 1 aromatic carbocycles. The highest BCUT2D eigenvalue weighted by atomic mass is 32.2. The minimum absolute atomic E-state index is 0.130. The lowest BCUT2D eigenvalue weighted by molar-refractivity contribution is -0.195. The zero-order valence-electron chi connectivity index (χ0n) is 15.6. The minimum Gasteiger partial charge on any atom is -0.465 e. The highest BCUT2D eigenvalue weighted by Crippen LogP contribution is 2.50. The Morgan fingerprint density at radius 1 is 0.897 bits per heavy atom. The average molecular weight is 438 g/mol. The summed E-state index contributed by atoms with van der Waals surface area (Å²) < 4.78 is 20.7. The largest absolute Gasteiger partial charge is 0.465 e. The lowest BCUT2D eigenvalue weighted by Gasteiger charge is -2.24. The number of rotatable bonds is 5. The van der Waals surface area contributed by atoms with Gasteiger partial charge in [-0.25, -0.2) is 9.59 Å². The van der Waals surface area contributed by atoms with Crippen molar-refractivity contribution in [2.75, 3.05) is 13.2 Å². The first-order valence-electron chi connectivity index (χ1n) is 8.84. The van der Waals surface area contributed by atoms with E-state index in [9.17, 15) is 19.2 Å².